The molecule has 4 unspecified atom stereocenters. The minimum absolute atomic E-state index is 0.200. The second-order valence-corrected chi connectivity index (χ2v) is 11.4. The van der Waals surface area contributed by atoms with Gasteiger partial charge in [0, 0.05) is 35.4 Å². The highest BCUT2D eigenvalue weighted by Crippen LogP contribution is 3.09. The van der Waals surface area contributed by atoms with E-state index in [1.807, 2.05) is 7.05 Å². The second kappa shape index (κ2) is 13.1. The molecule has 160 valence electrons. The molecular formula is C20H40N2O4S. The van der Waals surface area contributed by atoms with Crippen LogP contribution in [-0.2, 0) is 19.0 Å². The van der Waals surface area contributed by atoms with Gasteiger partial charge in [0.05, 0.1) is 26.4 Å². The molecule has 0 aromatic carbocycles. The quantitative estimate of drug-likeness (QED) is 0.206. The highest BCUT2D eigenvalue weighted by atomic mass is 32.3. The van der Waals surface area contributed by atoms with E-state index >= 15 is 0 Å². The van der Waals surface area contributed by atoms with Gasteiger partial charge in [-0.25, -0.2) is 10.0 Å². The zero-order valence-electron chi connectivity index (χ0n) is 17.0. The van der Waals surface area contributed by atoms with Crippen molar-refractivity contribution in [3.05, 3.63) is 0 Å². The summed E-state index contributed by atoms with van der Waals surface area (Å²) in [6.07, 6.45) is 7.73. The number of ether oxygens (including phenoxy) is 3. The Labute approximate surface area is 166 Å². The molecule has 3 heterocycles. The van der Waals surface area contributed by atoms with Crippen LogP contribution in [0.4, 0.5) is 0 Å². The molecule has 3 aliphatic heterocycles. The molecule has 4 atom stereocenters. The Morgan fingerprint density at radius 3 is 2.15 bits per heavy atom. The molecule has 0 bridgehead atoms. The Morgan fingerprint density at radius 2 is 1.63 bits per heavy atom. The summed E-state index contributed by atoms with van der Waals surface area (Å²) in [5.74, 6) is 1.65. The summed E-state index contributed by atoms with van der Waals surface area (Å²) < 4.78 is 16.0. The fourth-order valence-corrected chi connectivity index (χ4v) is 9.11. The van der Waals surface area contributed by atoms with Crippen molar-refractivity contribution in [2.24, 2.45) is 5.73 Å². The van der Waals surface area contributed by atoms with Gasteiger partial charge in [0.25, 0.3) is 0 Å². The smallest absolute Gasteiger partial charge is 0.119 e. The van der Waals surface area contributed by atoms with Crippen LogP contribution in [0.25, 0.3) is 0 Å². The number of hydrogen-bond donors (Lipinski definition) is 2. The van der Waals surface area contributed by atoms with Crippen molar-refractivity contribution in [3.8, 4) is 0 Å². The molecule has 6 nitrogen and oxygen atoms in total. The number of hydrogen-bond acceptors (Lipinski definition) is 6. The maximum absolute atomic E-state index is 10.0. The van der Waals surface area contributed by atoms with Gasteiger partial charge in [-0.3, -0.25) is 0 Å². The van der Waals surface area contributed by atoms with Gasteiger partial charge in [0.1, 0.15) is 6.29 Å². The first kappa shape index (κ1) is 23.1. The van der Waals surface area contributed by atoms with Crippen LogP contribution in [0.1, 0.15) is 38.5 Å². The number of fused-ring (bicyclic) bond motifs is 1. The lowest BCUT2D eigenvalue weighted by Gasteiger charge is -2.06. The molecule has 0 aromatic rings. The van der Waals surface area contributed by atoms with Gasteiger partial charge < -0.3 is 30.1 Å². The molecule has 3 rings (SSSR count). The van der Waals surface area contributed by atoms with Crippen molar-refractivity contribution in [2.45, 2.75) is 54.3 Å². The first-order valence-electron chi connectivity index (χ1n) is 10.6. The number of carbonyl (C=O) groups is 1. The van der Waals surface area contributed by atoms with Gasteiger partial charge in [-0.15, -0.1) is 0 Å². The van der Waals surface area contributed by atoms with Crippen molar-refractivity contribution >= 4 is 16.3 Å². The first-order chi connectivity index (χ1) is 13.3. The number of unbranched alkanes of at least 4 members (excludes halogenated alkanes) is 2. The summed E-state index contributed by atoms with van der Waals surface area (Å²) in [4.78, 5) is 10.0. The Kier molecular flexibility index (Phi) is 11.2. The number of nitrogens with one attached hydrogen (secondary N) is 1. The van der Waals surface area contributed by atoms with E-state index in [9.17, 15) is 4.79 Å². The van der Waals surface area contributed by atoms with E-state index < -0.39 is 0 Å². The van der Waals surface area contributed by atoms with E-state index in [4.69, 9.17) is 19.9 Å². The van der Waals surface area contributed by atoms with Crippen molar-refractivity contribution < 1.29 is 19.0 Å². The fourth-order valence-electron chi connectivity index (χ4n) is 3.77. The van der Waals surface area contributed by atoms with Crippen LogP contribution < -0.4 is 11.1 Å². The summed E-state index contributed by atoms with van der Waals surface area (Å²) in [7, 11) is 2.14. The summed E-state index contributed by atoms with van der Waals surface area (Å²) in [5.41, 5.74) is 5.33. The molecule has 0 aliphatic carbocycles. The van der Waals surface area contributed by atoms with E-state index in [0.29, 0.717) is 33.0 Å². The molecule has 3 fully saturated rings. The third-order valence-electron chi connectivity index (χ3n) is 5.56. The third-order valence-corrected chi connectivity index (χ3v) is 10.4. The predicted octanol–water partition coefficient (Wildman–Crippen LogP) is 1.69. The molecule has 1 spiro atoms. The zero-order valence-corrected chi connectivity index (χ0v) is 17.9. The summed E-state index contributed by atoms with van der Waals surface area (Å²) in [6.45, 7) is 5.76. The molecule has 0 aromatic heterocycles. The fraction of sp³-hybridized carbons (Fsp3) is 0.950. The van der Waals surface area contributed by atoms with Gasteiger partial charge in [0.15, 0.2) is 0 Å². The molecule has 27 heavy (non-hydrogen) atoms. The van der Waals surface area contributed by atoms with Gasteiger partial charge in [-0.05, 0) is 51.6 Å². The normalized spacial score (nSPS) is 31.0. The van der Waals surface area contributed by atoms with Crippen LogP contribution >= 0.6 is 10.0 Å². The number of rotatable bonds is 18. The van der Waals surface area contributed by atoms with Gasteiger partial charge in [-0.1, -0.05) is 6.42 Å². The monoisotopic (exact) mass is 404 g/mol. The molecule has 0 radical (unpaired) electrons. The van der Waals surface area contributed by atoms with Crippen molar-refractivity contribution in [2.75, 3.05) is 65.5 Å². The lowest BCUT2D eigenvalue weighted by molar-refractivity contribution is -0.107. The van der Waals surface area contributed by atoms with Crippen LogP contribution in [0.5, 0.6) is 0 Å². The van der Waals surface area contributed by atoms with Gasteiger partial charge in [-0.2, -0.15) is 0 Å². The van der Waals surface area contributed by atoms with E-state index in [2.05, 4.69) is 5.32 Å². The lowest BCUT2D eigenvalue weighted by atomic mass is 10.1. The van der Waals surface area contributed by atoms with E-state index in [-0.39, 0.29) is 10.0 Å². The molecule has 0 saturated carbocycles. The summed E-state index contributed by atoms with van der Waals surface area (Å²) in [6, 6.07) is 0. The third kappa shape index (κ3) is 7.63. The molecule has 3 N–H and O–H groups in total. The minimum Gasteiger partial charge on any atom is -0.379 e. The Balaban J connectivity index is 0.000000203. The molecule has 7 heteroatoms. The predicted molar refractivity (Wildman–Crippen MR) is 113 cm³/mol. The van der Waals surface area contributed by atoms with Gasteiger partial charge >= 0.3 is 0 Å². The summed E-state index contributed by atoms with van der Waals surface area (Å²) >= 11 is 0. The van der Waals surface area contributed by atoms with Gasteiger partial charge in [0.2, 0.25) is 0 Å². The van der Waals surface area contributed by atoms with E-state index in [1.165, 1.54) is 28.6 Å². The highest BCUT2D eigenvalue weighted by molar-refractivity contribution is 8.54. The average molecular weight is 405 g/mol. The van der Waals surface area contributed by atoms with Crippen LogP contribution in [0, 0.1) is 0 Å². The standard InChI is InChI=1S/C11H26N2O3.C9H14OS/c1-13-5-3-7-15-9-11-16-10-8-14-6-2-4-12;10-5-3-1-2-4-7-9-8-6-11(7,8)9/h13H,2-12H2,1H3;5,7-9H,1-4,6H2. The zero-order chi connectivity index (χ0) is 19.4. The van der Waals surface area contributed by atoms with Crippen molar-refractivity contribution in [3.63, 3.8) is 0 Å². The van der Waals surface area contributed by atoms with Crippen LogP contribution in [0.2, 0.25) is 0 Å². The van der Waals surface area contributed by atoms with Crippen molar-refractivity contribution in [1.82, 2.24) is 5.32 Å². The lowest BCUT2D eigenvalue weighted by Crippen LogP contribution is -2.13. The largest absolute Gasteiger partial charge is 0.379 e. The van der Waals surface area contributed by atoms with E-state index in [1.54, 1.807) is 5.75 Å². The Bertz CT molecular complexity index is 401. The molecule has 3 aliphatic rings. The number of aldehydes is 1. The topological polar surface area (TPSA) is 82.8 Å². The van der Waals surface area contributed by atoms with E-state index in [0.717, 1.165) is 51.7 Å². The SMILES string of the molecule is CNCCCOCCOCCOCCCN.O=CCCCCC1C2C3CS132. The molecule has 3 saturated heterocycles. The Morgan fingerprint density at radius 1 is 1.00 bits per heavy atom. The van der Waals surface area contributed by atoms with Crippen molar-refractivity contribution in [1.29, 1.82) is 0 Å². The second-order valence-electron chi connectivity index (χ2n) is 7.50. The van der Waals surface area contributed by atoms with Crippen LogP contribution in [0.15, 0.2) is 0 Å². The average Bonchev–Trinajstić information content (AvgIpc) is 3.60. The number of carbonyl (C=O) groups excluding carboxylic acids is 1. The highest BCUT2D eigenvalue weighted by Gasteiger charge is 2.93. The molecule has 0 amide bonds. The molecular weight excluding hydrogens is 364 g/mol. The van der Waals surface area contributed by atoms with Crippen LogP contribution in [-0.4, -0.2) is 87.6 Å². The Hall–Kier alpha value is -0.180. The maximum Gasteiger partial charge on any atom is 0.119 e. The summed E-state index contributed by atoms with van der Waals surface area (Å²) in [5, 5.41) is 6.84. The first-order valence-corrected chi connectivity index (χ1v) is 12.6. The van der Waals surface area contributed by atoms with Crippen LogP contribution in [0.3, 0.4) is 0 Å². The minimum atomic E-state index is 0.200. The maximum atomic E-state index is 10.0. The number of nitrogens with two attached hydrogens (primary N) is 1.